The zero-order valence-electron chi connectivity index (χ0n) is 19.1. The van der Waals surface area contributed by atoms with Crippen LogP contribution in [-0.2, 0) is 10.0 Å². The highest BCUT2D eigenvalue weighted by Crippen LogP contribution is 2.41. The molecule has 0 aliphatic carbocycles. The molecule has 0 fully saturated rings. The number of nitrogens with zero attached hydrogens (tertiary/aromatic N) is 2. The molecule has 0 aliphatic heterocycles. The number of rotatable bonds is 9. The largest absolute Gasteiger partial charge is 0.493 e. The van der Waals surface area contributed by atoms with E-state index in [4.69, 9.17) is 14.2 Å². The molecule has 8 nitrogen and oxygen atoms in total. The Hall–Kier alpha value is -4.37. The van der Waals surface area contributed by atoms with E-state index in [2.05, 4.69) is 14.7 Å². The summed E-state index contributed by atoms with van der Waals surface area (Å²) in [6, 6.07) is 25.2. The SMILES string of the molecule is COc1ccccc1Oc1c(NS(=O)(=O)/C=C/c2ccccc2)nc(-c2ccccc2)nc1OC. The summed E-state index contributed by atoms with van der Waals surface area (Å²) in [6.07, 6.45) is 1.49. The summed E-state index contributed by atoms with van der Waals surface area (Å²) < 4.78 is 45.3. The summed E-state index contributed by atoms with van der Waals surface area (Å²) >= 11 is 0. The van der Waals surface area contributed by atoms with E-state index in [-0.39, 0.29) is 23.3 Å². The number of hydrogen-bond donors (Lipinski definition) is 1. The minimum Gasteiger partial charge on any atom is -0.493 e. The van der Waals surface area contributed by atoms with Crippen molar-refractivity contribution in [3.05, 3.63) is 95.9 Å². The zero-order valence-corrected chi connectivity index (χ0v) is 19.9. The zero-order chi connectivity index (χ0) is 24.7. The first-order valence-electron chi connectivity index (χ1n) is 10.6. The third kappa shape index (κ3) is 5.96. The average molecular weight is 490 g/mol. The number of anilines is 1. The monoisotopic (exact) mass is 489 g/mol. The highest BCUT2D eigenvalue weighted by molar-refractivity contribution is 7.95. The molecule has 0 aliphatic rings. The number of hydrogen-bond acceptors (Lipinski definition) is 7. The topological polar surface area (TPSA) is 99.6 Å². The standard InChI is InChI=1S/C26H23N3O5S/c1-32-21-15-9-10-16-22(21)34-23-25(29-35(30,31)18-17-19-11-5-3-6-12-19)27-24(28-26(23)33-2)20-13-7-4-8-14-20/h3-18H,1-2H3,(H,27,28,29)/b18-17+. The lowest BCUT2D eigenvalue weighted by Crippen LogP contribution is -2.13. The van der Waals surface area contributed by atoms with Gasteiger partial charge in [0.2, 0.25) is 5.75 Å². The van der Waals surface area contributed by atoms with Gasteiger partial charge in [-0.2, -0.15) is 4.98 Å². The van der Waals surface area contributed by atoms with E-state index in [9.17, 15) is 8.42 Å². The summed E-state index contributed by atoms with van der Waals surface area (Å²) in [5.74, 6) is 1.01. The van der Waals surface area contributed by atoms with Crippen molar-refractivity contribution >= 4 is 21.9 Å². The Balaban J connectivity index is 1.79. The van der Waals surface area contributed by atoms with Crippen LogP contribution in [0.1, 0.15) is 5.56 Å². The van der Waals surface area contributed by atoms with Gasteiger partial charge in [-0.05, 0) is 23.8 Å². The third-order valence-corrected chi connectivity index (χ3v) is 5.79. The fourth-order valence-electron chi connectivity index (χ4n) is 3.16. The molecule has 1 N–H and O–H groups in total. The van der Waals surface area contributed by atoms with Crippen LogP contribution in [0.15, 0.2) is 90.3 Å². The Morgan fingerprint density at radius 3 is 2.06 bits per heavy atom. The maximum Gasteiger partial charge on any atom is 0.263 e. The van der Waals surface area contributed by atoms with E-state index in [1.165, 1.54) is 20.3 Å². The van der Waals surface area contributed by atoms with Gasteiger partial charge in [-0.3, -0.25) is 4.72 Å². The normalized spacial score (nSPS) is 11.3. The van der Waals surface area contributed by atoms with Gasteiger partial charge in [0.05, 0.1) is 19.6 Å². The lowest BCUT2D eigenvalue weighted by molar-refractivity contribution is 0.348. The van der Waals surface area contributed by atoms with Crippen LogP contribution in [0.5, 0.6) is 23.1 Å². The summed E-state index contributed by atoms with van der Waals surface area (Å²) in [5, 5.41) is 1.06. The number of benzene rings is 3. The minimum atomic E-state index is -3.97. The van der Waals surface area contributed by atoms with Crippen LogP contribution in [0.2, 0.25) is 0 Å². The summed E-state index contributed by atoms with van der Waals surface area (Å²) in [6.45, 7) is 0. The van der Waals surface area contributed by atoms with Crippen molar-refractivity contribution in [2.45, 2.75) is 0 Å². The van der Waals surface area contributed by atoms with E-state index in [0.29, 0.717) is 17.1 Å². The van der Waals surface area contributed by atoms with Gasteiger partial charge in [-0.15, -0.1) is 0 Å². The van der Waals surface area contributed by atoms with Crippen molar-refractivity contribution in [1.29, 1.82) is 0 Å². The van der Waals surface area contributed by atoms with Crippen molar-refractivity contribution in [1.82, 2.24) is 9.97 Å². The molecule has 0 saturated carbocycles. The van der Waals surface area contributed by atoms with E-state index in [1.54, 1.807) is 36.4 Å². The number of para-hydroxylation sites is 2. The lowest BCUT2D eigenvalue weighted by Gasteiger charge is -2.16. The van der Waals surface area contributed by atoms with Gasteiger partial charge in [0.25, 0.3) is 15.9 Å². The molecule has 178 valence electrons. The molecule has 3 aromatic carbocycles. The average Bonchev–Trinajstić information content (AvgIpc) is 2.89. The second-order valence-electron chi connectivity index (χ2n) is 7.21. The Morgan fingerprint density at radius 1 is 0.771 bits per heavy atom. The van der Waals surface area contributed by atoms with Crippen LogP contribution in [0.4, 0.5) is 5.82 Å². The Morgan fingerprint density at radius 2 is 1.40 bits per heavy atom. The molecule has 35 heavy (non-hydrogen) atoms. The van der Waals surface area contributed by atoms with Crippen molar-refractivity contribution in [3.63, 3.8) is 0 Å². The van der Waals surface area contributed by atoms with E-state index in [1.807, 2.05) is 48.5 Å². The van der Waals surface area contributed by atoms with Crippen molar-refractivity contribution in [2.24, 2.45) is 0 Å². The van der Waals surface area contributed by atoms with Gasteiger partial charge in [-0.25, -0.2) is 13.4 Å². The smallest absolute Gasteiger partial charge is 0.263 e. The van der Waals surface area contributed by atoms with Gasteiger partial charge in [0.15, 0.2) is 23.1 Å². The predicted octanol–water partition coefficient (Wildman–Crippen LogP) is 5.37. The first kappa shape index (κ1) is 23.8. The number of nitrogens with one attached hydrogen (secondary N) is 1. The molecule has 1 heterocycles. The van der Waals surface area contributed by atoms with Crippen molar-refractivity contribution < 1.29 is 22.6 Å². The number of ether oxygens (including phenoxy) is 3. The number of sulfonamides is 1. The second-order valence-corrected chi connectivity index (χ2v) is 8.78. The summed E-state index contributed by atoms with van der Waals surface area (Å²) in [7, 11) is -1.05. The van der Waals surface area contributed by atoms with Crippen LogP contribution in [0.3, 0.4) is 0 Å². The summed E-state index contributed by atoms with van der Waals surface area (Å²) in [5.41, 5.74) is 1.41. The molecule has 0 unspecified atom stereocenters. The van der Waals surface area contributed by atoms with Gasteiger partial charge < -0.3 is 14.2 Å². The van der Waals surface area contributed by atoms with Crippen LogP contribution < -0.4 is 18.9 Å². The molecule has 9 heteroatoms. The fourth-order valence-corrected chi connectivity index (χ4v) is 3.97. The van der Waals surface area contributed by atoms with Gasteiger partial charge in [0.1, 0.15) is 0 Å². The molecule has 0 bridgehead atoms. The van der Waals surface area contributed by atoms with E-state index in [0.717, 1.165) is 11.0 Å². The van der Waals surface area contributed by atoms with Gasteiger partial charge in [-0.1, -0.05) is 72.8 Å². The highest BCUT2D eigenvalue weighted by Gasteiger charge is 2.23. The maximum atomic E-state index is 13.0. The molecular weight excluding hydrogens is 466 g/mol. The van der Waals surface area contributed by atoms with Crippen molar-refractivity contribution in [3.8, 4) is 34.5 Å². The highest BCUT2D eigenvalue weighted by atomic mass is 32.2. The first-order valence-corrected chi connectivity index (χ1v) is 12.1. The quantitative estimate of drug-likeness (QED) is 0.338. The second kappa shape index (κ2) is 10.7. The molecule has 1 aromatic heterocycles. The maximum absolute atomic E-state index is 13.0. The summed E-state index contributed by atoms with van der Waals surface area (Å²) in [4.78, 5) is 8.91. The van der Waals surface area contributed by atoms with Gasteiger partial charge in [0, 0.05) is 5.56 Å². The Bertz CT molecular complexity index is 1430. The lowest BCUT2D eigenvalue weighted by atomic mass is 10.2. The molecular formula is C26H23N3O5S. The molecule has 0 spiro atoms. The van der Waals surface area contributed by atoms with E-state index < -0.39 is 10.0 Å². The van der Waals surface area contributed by atoms with Crippen LogP contribution in [-0.4, -0.2) is 32.6 Å². The predicted molar refractivity (Wildman–Crippen MR) is 135 cm³/mol. The molecule has 4 aromatic rings. The number of aromatic nitrogens is 2. The first-order chi connectivity index (χ1) is 17.0. The van der Waals surface area contributed by atoms with Gasteiger partial charge >= 0.3 is 0 Å². The molecule has 0 radical (unpaired) electrons. The van der Waals surface area contributed by atoms with E-state index >= 15 is 0 Å². The van der Waals surface area contributed by atoms with Crippen LogP contribution in [0, 0.1) is 0 Å². The Kier molecular flexibility index (Phi) is 7.27. The van der Waals surface area contributed by atoms with Crippen LogP contribution >= 0.6 is 0 Å². The van der Waals surface area contributed by atoms with Crippen LogP contribution in [0.25, 0.3) is 17.5 Å². The molecule has 0 saturated heterocycles. The fraction of sp³-hybridized carbons (Fsp3) is 0.0769. The third-order valence-electron chi connectivity index (χ3n) is 4.82. The minimum absolute atomic E-state index is 0.00614. The molecule has 0 amide bonds. The number of methoxy groups -OCH3 is 2. The Labute approximate surface area is 203 Å². The van der Waals surface area contributed by atoms with Crippen molar-refractivity contribution in [2.75, 3.05) is 18.9 Å². The molecule has 0 atom stereocenters. The molecule has 4 rings (SSSR count).